The van der Waals surface area contributed by atoms with Crippen molar-refractivity contribution in [3.63, 3.8) is 0 Å². The maximum absolute atomic E-state index is 10.4. The van der Waals surface area contributed by atoms with Gasteiger partial charge in [-0.05, 0) is 36.2 Å². The van der Waals surface area contributed by atoms with Crippen LogP contribution in [0.5, 0.6) is 5.88 Å². The lowest BCUT2D eigenvalue weighted by Gasteiger charge is -2.06. The second-order valence-corrected chi connectivity index (χ2v) is 7.78. The Hall–Kier alpha value is -0.540. The first-order valence-electron chi connectivity index (χ1n) is 6.04. The minimum Gasteiger partial charge on any atom is -0.478 e. The van der Waals surface area contributed by atoms with Gasteiger partial charge in [-0.1, -0.05) is 11.6 Å². The molecule has 1 rings (SSSR count). The largest absolute Gasteiger partial charge is 0.478 e. The lowest BCUT2D eigenvalue weighted by molar-refractivity contribution is 0.295. The van der Waals surface area contributed by atoms with Gasteiger partial charge >= 0.3 is 9.15 Å². The summed E-state index contributed by atoms with van der Waals surface area (Å²) in [5, 5.41) is 3.65. The van der Waals surface area contributed by atoms with E-state index in [2.05, 4.69) is 10.3 Å². The van der Waals surface area contributed by atoms with E-state index in [1.54, 1.807) is 12.1 Å². The van der Waals surface area contributed by atoms with Crippen LogP contribution in [0.1, 0.15) is 12.8 Å². The molecular formula is C11H17ClN2O4S2. The average Bonchev–Trinajstić information content (AvgIpc) is 2.37. The topological polar surface area (TPSA) is 88.5 Å². The number of unbranched alkanes of at least 4 members (excludes halogenated alkanes) is 1. The molecule has 0 saturated carbocycles. The Kier molecular flexibility index (Phi) is 8.24. The van der Waals surface area contributed by atoms with Crippen molar-refractivity contribution in [3.05, 3.63) is 23.4 Å². The molecule has 114 valence electrons. The third kappa shape index (κ3) is 9.38. The highest BCUT2D eigenvalue weighted by Crippen LogP contribution is 2.11. The molecule has 0 aromatic carbocycles. The van der Waals surface area contributed by atoms with Crippen molar-refractivity contribution in [2.45, 2.75) is 12.8 Å². The van der Waals surface area contributed by atoms with Crippen LogP contribution in [0.15, 0.2) is 18.3 Å². The van der Waals surface area contributed by atoms with E-state index in [-0.39, 0.29) is 0 Å². The number of ether oxygens (including phenoxy) is 1. The molecule has 0 saturated heterocycles. The molecule has 0 spiro atoms. The van der Waals surface area contributed by atoms with Crippen LogP contribution in [-0.2, 0) is 9.15 Å². The summed E-state index contributed by atoms with van der Waals surface area (Å²) in [5.74, 6) is 0.872. The van der Waals surface area contributed by atoms with E-state index in [9.17, 15) is 8.42 Å². The lowest BCUT2D eigenvalue weighted by Crippen LogP contribution is -2.19. The molecule has 0 amide bonds. The zero-order valence-corrected chi connectivity index (χ0v) is 13.2. The van der Waals surface area contributed by atoms with Crippen LogP contribution >= 0.6 is 22.4 Å². The molecule has 6 nitrogen and oxygen atoms in total. The smallest absolute Gasteiger partial charge is 0.319 e. The first-order chi connectivity index (χ1) is 9.47. The van der Waals surface area contributed by atoms with Gasteiger partial charge in [-0.25, -0.2) is 4.98 Å². The van der Waals surface area contributed by atoms with Crippen molar-refractivity contribution in [2.75, 3.05) is 25.4 Å². The van der Waals surface area contributed by atoms with E-state index in [1.165, 1.54) is 6.20 Å². The van der Waals surface area contributed by atoms with Crippen molar-refractivity contribution in [2.24, 2.45) is 0 Å². The van der Waals surface area contributed by atoms with Crippen LogP contribution in [0.25, 0.3) is 0 Å². The first-order valence-corrected chi connectivity index (χ1v) is 9.36. The molecule has 9 heteroatoms. The molecule has 0 aliphatic carbocycles. The number of aromatic nitrogens is 1. The van der Waals surface area contributed by atoms with Crippen molar-refractivity contribution in [3.8, 4) is 5.88 Å². The Balaban J connectivity index is 1.94. The van der Waals surface area contributed by atoms with Crippen LogP contribution in [0, 0.1) is 0 Å². The van der Waals surface area contributed by atoms with Crippen LogP contribution in [0.2, 0.25) is 5.02 Å². The van der Waals surface area contributed by atoms with E-state index in [4.69, 9.17) is 20.9 Å². The summed E-state index contributed by atoms with van der Waals surface area (Å²) >= 11 is 5.70. The highest BCUT2D eigenvalue weighted by atomic mass is 35.5. The van der Waals surface area contributed by atoms with Crippen LogP contribution < -0.4 is 10.1 Å². The fourth-order valence-electron chi connectivity index (χ4n) is 1.32. The normalized spacial score (nSPS) is 11.5. The summed E-state index contributed by atoms with van der Waals surface area (Å²) in [6.07, 6.45) is 3.30. The second-order valence-electron chi connectivity index (χ2n) is 3.87. The monoisotopic (exact) mass is 340 g/mol. The minimum absolute atomic E-state index is 0.323. The van der Waals surface area contributed by atoms with Crippen molar-refractivity contribution in [1.82, 2.24) is 10.3 Å². The van der Waals surface area contributed by atoms with Crippen LogP contribution in [0.3, 0.4) is 0 Å². The number of nitrogens with zero attached hydrogens (tertiary/aromatic N) is 1. The summed E-state index contributed by atoms with van der Waals surface area (Å²) in [7, 11) is -3.40. The average molecular weight is 341 g/mol. The highest BCUT2D eigenvalue weighted by molar-refractivity contribution is 8.69. The third-order valence-electron chi connectivity index (χ3n) is 2.21. The number of hydrogen-bond donors (Lipinski definition) is 2. The molecule has 1 aromatic rings. The van der Waals surface area contributed by atoms with Crippen molar-refractivity contribution in [1.29, 1.82) is 0 Å². The Morgan fingerprint density at radius 1 is 1.35 bits per heavy atom. The molecule has 0 atom stereocenters. The maximum Gasteiger partial charge on any atom is 0.319 e. The van der Waals surface area contributed by atoms with Gasteiger partial charge in [0.25, 0.3) is 0 Å². The fraction of sp³-hybridized carbons (Fsp3) is 0.545. The van der Waals surface area contributed by atoms with E-state index in [0.717, 1.165) is 19.4 Å². The predicted molar refractivity (Wildman–Crippen MR) is 80.9 cm³/mol. The van der Waals surface area contributed by atoms with Gasteiger partial charge in [0, 0.05) is 24.6 Å². The van der Waals surface area contributed by atoms with E-state index in [1.807, 2.05) is 0 Å². The highest BCUT2D eigenvalue weighted by Gasteiger charge is 2.03. The molecule has 0 fully saturated rings. The molecular weight excluding hydrogens is 324 g/mol. The zero-order valence-electron chi connectivity index (χ0n) is 10.8. The molecule has 0 unspecified atom stereocenters. The summed E-state index contributed by atoms with van der Waals surface area (Å²) < 4.78 is 34.8. The van der Waals surface area contributed by atoms with Gasteiger partial charge in [0.15, 0.2) is 0 Å². The maximum atomic E-state index is 10.4. The molecule has 0 radical (unpaired) electrons. The van der Waals surface area contributed by atoms with Crippen LogP contribution in [-0.4, -0.2) is 43.4 Å². The molecule has 0 bridgehead atoms. The lowest BCUT2D eigenvalue weighted by atomic mass is 10.3. The first kappa shape index (κ1) is 17.5. The van der Waals surface area contributed by atoms with Gasteiger partial charge in [-0.2, -0.15) is 8.42 Å². The second kappa shape index (κ2) is 9.41. The van der Waals surface area contributed by atoms with Gasteiger partial charge in [-0.15, -0.1) is 0 Å². The minimum atomic E-state index is -3.92. The van der Waals surface area contributed by atoms with Crippen molar-refractivity contribution >= 4 is 31.5 Å². The molecule has 1 heterocycles. The Morgan fingerprint density at radius 2 is 2.15 bits per heavy atom. The Labute approximate surface area is 127 Å². The van der Waals surface area contributed by atoms with E-state index < -0.39 is 9.15 Å². The van der Waals surface area contributed by atoms with Crippen LogP contribution in [0.4, 0.5) is 0 Å². The molecule has 2 N–H and O–H groups in total. The quantitative estimate of drug-likeness (QED) is 0.382. The van der Waals surface area contributed by atoms with Gasteiger partial charge in [0.1, 0.15) is 0 Å². The number of hydrogen-bond acceptors (Lipinski definition) is 6. The number of rotatable bonds is 10. The number of pyridine rings is 1. The standard InChI is InChI=1S/C11H17ClN2O4S2/c12-10-3-4-11(14-9-10)18-7-2-1-5-13-6-8-19-20(15,16)17/h3-4,9,13H,1-2,5-8H2,(H,15,16,17). The van der Waals surface area contributed by atoms with E-state index in [0.29, 0.717) is 40.6 Å². The number of nitrogens with one attached hydrogen (secondary N) is 1. The van der Waals surface area contributed by atoms with Crippen molar-refractivity contribution < 1.29 is 17.7 Å². The SMILES string of the molecule is O=S(=O)(O)SCCNCCCCOc1ccc(Cl)cn1. The summed E-state index contributed by atoms with van der Waals surface area (Å²) in [6.45, 7) is 1.86. The Bertz CT molecular complexity index is 482. The predicted octanol–water partition coefficient (Wildman–Crippen LogP) is 2.02. The van der Waals surface area contributed by atoms with Gasteiger partial charge < -0.3 is 10.1 Å². The molecule has 0 aliphatic heterocycles. The summed E-state index contributed by atoms with van der Waals surface area (Å²) in [6, 6.07) is 3.44. The fourth-order valence-corrected chi connectivity index (χ4v) is 2.75. The third-order valence-corrected chi connectivity index (χ3v) is 4.49. The molecule has 1 aromatic heterocycles. The Morgan fingerprint density at radius 3 is 2.80 bits per heavy atom. The summed E-state index contributed by atoms with van der Waals surface area (Å²) in [4.78, 5) is 4.01. The zero-order chi connectivity index (χ0) is 14.8. The van der Waals surface area contributed by atoms with E-state index >= 15 is 0 Å². The molecule has 0 aliphatic rings. The van der Waals surface area contributed by atoms with Gasteiger partial charge in [0.05, 0.1) is 11.6 Å². The summed E-state index contributed by atoms with van der Waals surface area (Å²) in [5.41, 5.74) is 0. The molecule has 20 heavy (non-hydrogen) atoms. The van der Waals surface area contributed by atoms with Gasteiger partial charge in [-0.3, -0.25) is 4.55 Å². The number of halogens is 1. The van der Waals surface area contributed by atoms with Gasteiger partial charge in [0.2, 0.25) is 5.88 Å².